The van der Waals surface area contributed by atoms with E-state index in [1.165, 1.54) is 26.4 Å². The summed E-state index contributed by atoms with van der Waals surface area (Å²) < 4.78 is 4.82. The molecule has 1 aliphatic rings. The number of methoxy groups -OCH3 is 1. The number of thioether (sulfide) groups is 1. The molecule has 1 saturated carbocycles. The summed E-state index contributed by atoms with van der Waals surface area (Å²) in [5.41, 5.74) is 1.68. The van der Waals surface area contributed by atoms with Gasteiger partial charge in [0.2, 0.25) is 0 Å². The first-order valence-corrected chi connectivity index (χ1v) is 7.97. The molecule has 0 aliphatic heterocycles. The van der Waals surface area contributed by atoms with E-state index in [1.54, 1.807) is 0 Å². The van der Waals surface area contributed by atoms with Crippen LogP contribution in [0.5, 0.6) is 0 Å². The molecule has 3 nitrogen and oxygen atoms in total. The smallest absolute Gasteiger partial charge is 0.338 e. The van der Waals surface area contributed by atoms with Crippen molar-refractivity contribution in [2.24, 2.45) is 0 Å². The number of benzene rings is 1. The van der Waals surface area contributed by atoms with Crippen LogP contribution in [0.15, 0.2) is 24.3 Å². The zero-order valence-electron chi connectivity index (χ0n) is 11.5. The number of nitrogens with one attached hydrogen (secondary N) is 1. The third-order valence-corrected chi connectivity index (χ3v) is 4.90. The highest BCUT2D eigenvalue weighted by Crippen LogP contribution is 2.28. The second-order valence-electron chi connectivity index (χ2n) is 4.84. The Kier molecular flexibility index (Phi) is 5.28. The SMILES string of the molecule is COC(=O)c1ccccc1CNC1CCCC1SC. The predicted molar refractivity (Wildman–Crippen MR) is 79.6 cm³/mol. The number of carbonyl (C=O) groups is 1. The van der Waals surface area contributed by atoms with Crippen molar-refractivity contribution in [2.45, 2.75) is 37.1 Å². The quantitative estimate of drug-likeness (QED) is 0.841. The van der Waals surface area contributed by atoms with Gasteiger partial charge in [-0.3, -0.25) is 0 Å². The summed E-state index contributed by atoms with van der Waals surface area (Å²) in [5, 5.41) is 4.29. The van der Waals surface area contributed by atoms with Gasteiger partial charge in [0.15, 0.2) is 0 Å². The van der Waals surface area contributed by atoms with Gasteiger partial charge in [-0.2, -0.15) is 11.8 Å². The summed E-state index contributed by atoms with van der Waals surface area (Å²) in [6.07, 6.45) is 5.98. The van der Waals surface area contributed by atoms with Crippen LogP contribution in [0.4, 0.5) is 0 Å². The molecule has 0 amide bonds. The highest BCUT2D eigenvalue weighted by molar-refractivity contribution is 7.99. The van der Waals surface area contributed by atoms with Crippen LogP contribution in [0.25, 0.3) is 0 Å². The van der Waals surface area contributed by atoms with Crippen molar-refractivity contribution < 1.29 is 9.53 Å². The van der Waals surface area contributed by atoms with Crippen LogP contribution in [0.3, 0.4) is 0 Å². The second-order valence-corrected chi connectivity index (χ2v) is 5.92. The average molecular weight is 279 g/mol. The van der Waals surface area contributed by atoms with Gasteiger partial charge in [0.1, 0.15) is 0 Å². The van der Waals surface area contributed by atoms with E-state index in [-0.39, 0.29) is 5.97 Å². The topological polar surface area (TPSA) is 38.3 Å². The molecule has 1 fully saturated rings. The van der Waals surface area contributed by atoms with E-state index < -0.39 is 0 Å². The fourth-order valence-corrected chi connectivity index (χ4v) is 3.63. The van der Waals surface area contributed by atoms with Gasteiger partial charge in [0.25, 0.3) is 0 Å². The van der Waals surface area contributed by atoms with Crippen LogP contribution >= 0.6 is 11.8 Å². The molecule has 1 aromatic carbocycles. The molecule has 104 valence electrons. The lowest BCUT2D eigenvalue weighted by Crippen LogP contribution is -2.33. The number of ether oxygens (including phenoxy) is 1. The number of hydrogen-bond acceptors (Lipinski definition) is 4. The summed E-state index contributed by atoms with van der Waals surface area (Å²) in [6.45, 7) is 0.729. The van der Waals surface area contributed by atoms with Crippen molar-refractivity contribution in [1.29, 1.82) is 0 Å². The van der Waals surface area contributed by atoms with Gasteiger partial charge in [-0.25, -0.2) is 4.79 Å². The van der Waals surface area contributed by atoms with Gasteiger partial charge in [-0.1, -0.05) is 24.6 Å². The summed E-state index contributed by atoms with van der Waals surface area (Å²) in [4.78, 5) is 11.7. The molecule has 2 atom stereocenters. The molecule has 2 rings (SSSR count). The molecule has 4 heteroatoms. The molecule has 0 heterocycles. The first-order chi connectivity index (χ1) is 9.26. The van der Waals surface area contributed by atoms with Crippen LogP contribution in [-0.2, 0) is 11.3 Å². The normalized spacial score (nSPS) is 22.4. The minimum Gasteiger partial charge on any atom is -0.465 e. The van der Waals surface area contributed by atoms with Crippen molar-refractivity contribution in [3.63, 3.8) is 0 Å². The molecular weight excluding hydrogens is 258 g/mol. The molecule has 1 N–H and O–H groups in total. The standard InChI is InChI=1S/C15H21NO2S/c1-18-15(17)12-7-4-3-6-11(12)10-16-13-8-5-9-14(13)19-2/h3-4,6-7,13-14,16H,5,8-10H2,1-2H3. The van der Waals surface area contributed by atoms with E-state index in [0.717, 1.165) is 12.1 Å². The highest BCUT2D eigenvalue weighted by Gasteiger charge is 2.26. The van der Waals surface area contributed by atoms with E-state index in [9.17, 15) is 4.79 Å². The van der Waals surface area contributed by atoms with Crippen molar-refractivity contribution in [3.8, 4) is 0 Å². The maximum Gasteiger partial charge on any atom is 0.338 e. The molecule has 2 unspecified atom stereocenters. The summed E-state index contributed by atoms with van der Waals surface area (Å²) in [5.74, 6) is -0.259. The van der Waals surface area contributed by atoms with Gasteiger partial charge < -0.3 is 10.1 Å². The molecule has 0 bridgehead atoms. The first kappa shape index (κ1) is 14.4. The Bertz CT molecular complexity index is 436. The molecule has 0 saturated heterocycles. The van der Waals surface area contributed by atoms with Crippen molar-refractivity contribution in [2.75, 3.05) is 13.4 Å². The Labute approximate surface area is 119 Å². The Morgan fingerprint density at radius 3 is 2.95 bits per heavy atom. The maximum absolute atomic E-state index is 11.7. The van der Waals surface area contributed by atoms with Gasteiger partial charge in [-0.05, 0) is 30.7 Å². The molecule has 1 aromatic rings. The highest BCUT2D eigenvalue weighted by atomic mass is 32.2. The van der Waals surface area contributed by atoms with Crippen LogP contribution in [0, 0.1) is 0 Å². The zero-order chi connectivity index (χ0) is 13.7. The summed E-state index contributed by atoms with van der Waals surface area (Å²) in [6, 6.07) is 8.20. The van der Waals surface area contributed by atoms with Gasteiger partial charge in [0.05, 0.1) is 12.7 Å². The molecule has 1 aliphatic carbocycles. The largest absolute Gasteiger partial charge is 0.465 e. The van der Waals surface area contributed by atoms with Crippen LogP contribution in [0.1, 0.15) is 35.2 Å². The maximum atomic E-state index is 11.7. The van der Waals surface area contributed by atoms with Gasteiger partial charge in [0, 0.05) is 17.8 Å². The van der Waals surface area contributed by atoms with E-state index >= 15 is 0 Å². The zero-order valence-corrected chi connectivity index (χ0v) is 12.3. The number of carbonyl (C=O) groups excluding carboxylic acids is 1. The second kappa shape index (κ2) is 6.96. The van der Waals surface area contributed by atoms with Gasteiger partial charge in [-0.15, -0.1) is 0 Å². The third-order valence-electron chi connectivity index (χ3n) is 3.73. The summed E-state index contributed by atoms with van der Waals surface area (Å²) in [7, 11) is 1.42. The number of esters is 1. The monoisotopic (exact) mass is 279 g/mol. The Hall–Kier alpha value is -1.00. The van der Waals surface area contributed by atoms with Crippen LogP contribution in [0.2, 0.25) is 0 Å². The van der Waals surface area contributed by atoms with Gasteiger partial charge >= 0.3 is 5.97 Å². The average Bonchev–Trinajstić information content (AvgIpc) is 2.92. The molecule has 0 aromatic heterocycles. The first-order valence-electron chi connectivity index (χ1n) is 6.68. The minimum absolute atomic E-state index is 0.259. The lowest BCUT2D eigenvalue weighted by molar-refractivity contribution is 0.0599. The molecular formula is C15H21NO2S. The van der Waals surface area contributed by atoms with E-state index in [4.69, 9.17) is 4.74 Å². The Morgan fingerprint density at radius 1 is 1.42 bits per heavy atom. The van der Waals surface area contributed by atoms with E-state index in [1.807, 2.05) is 36.0 Å². The lowest BCUT2D eigenvalue weighted by Gasteiger charge is -2.20. The van der Waals surface area contributed by atoms with E-state index in [0.29, 0.717) is 16.9 Å². The minimum atomic E-state index is -0.259. The molecule has 0 radical (unpaired) electrons. The number of rotatable bonds is 5. The molecule has 19 heavy (non-hydrogen) atoms. The van der Waals surface area contributed by atoms with E-state index in [2.05, 4.69) is 11.6 Å². The Morgan fingerprint density at radius 2 is 2.21 bits per heavy atom. The fraction of sp³-hybridized carbons (Fsp3) is 0.533. The fourth-order valence-electron chi connectivity index (χ4n) is 2.67. The van der Waals surface area contributed by atoms with Crippen LogP contribution < -0.4 is 5.32 Å². The summed E-state index contributed by atoms with van der Waals surface area (Å²) >= 11 is 1.94. The predicted octanol–water partition coefficient (Wildman–Crippen LogP) is 2.85. The Balaban J connectivity index is 2.01. The van der Waals surface area contributed by atoms with Crippen molar-refractivity contribution in [1.82, 2.24) is 5.32 Å². The van der Waals surface area contributed by atoms with Crippen LogP contribution in [-0.4, -0.2) is 30.6 Å². The third kappa shape index (κ3) is 3.51. The number of hydrogen-bond donors (Lipinski definition) is 1. The van der Waals surface area contributed by atoms with Crippen molar-refractivity contribution >= 4 is 17.7 Å². The van der Waals surface area contributed by atoms with Crippen molar-refractivity contribution in [3.05, 3.63) is 35.4 Å². The lowest BCUT2D eigenvalue weighted by atomic mass is 10.1. The molecule has 0 spiro atoms.